The molecule has 0 saturated carbocycles. The van der Waals surface area contributed by atoms with Crippen LogP contribution in [0.15, 0.2) is 66.7 Å². The molecule has 0 aliphatic rings. The minimum absolute atomic E-state index is 0.222. The first kappa shape index (κ1) is 32.0. The second-order valence-electron chi connectivity index (χ2n) is 8.93. The van der Waals surface area contributed by atoms with E-state index < -0.39 is 12.1 Å². The monoisotopic (exact) mass is 604 g/mol. The number of hydrogen-bond acceptors (Lipinski definition) is 6. The van der Waals surface area contributed by atoms with Crippen LogP contribution in [0.5, 0.6) is 11.5 Å². The number of carboxylic acid groups (broad SMARTS) is 1. The Morgan fingerprint density at radius 1 is 0.951 bits per heavy atom. The smallest absolute Gasteiger partial charge is 0.333 e. The molecule has 3 aromatic rings. The van der Waals surface area contributed by atoms with E-state index in [-0.39, 0.29) is 38.8 Å². The number of para-hydroxylation sites is 2. The van der Waals surface area contributed by atoms with E-state index in [0.29, 0.717) is 40.4 Å². The minimum Gasteiger partial charge on any atom is -0.495 e. The lowest BCUT2D eigenvalue weighted by Crippen LogP contribution is -2.40. The zero-order valence-electron chi connectivity index (χ0n) is 23.0. The SMILES string of the molecule is CCOC(Cc1ccc(OCCN(CCOCc2cc(Cl)cc(Cl)c2)C(=O)Nc2ccccc2OC)cc1)C(=O)O. The van der Waals surface area contributed by atoms with Crippen LogP contribution in [0, 0.1) is 0 Å². The third-order valence-corrected chi connectivity index (χ3v) is 6.39. The number of carboxylic acids is 1. The third-order valence-electron chi connectivity index (χ3n) is 5.95. The van der Waals surface area contributed by atoms with Crippen molar-refractivity contribution in [3.8, 4) is 11.5 Å². The van der Waals surface area contributed by atoms with Gasteiger partial charge in [-0.05, 0) is 60.5 Å². The van der Waals surface area contributed by atoms with Gasteiger partial charge in [0.25, 0.3) is 0 Å². The van der Waals surface area contributed by atoms with E-state index in [1.807, 2.05) is 12.1 Å². The summed E-state index contributed by atoms with van der Waals surface area (Å²) in [7, 11) is 1.54. The minimum atomic E-state index is -1.00. The number of ether oxygens (including phenoxy) is 4. The fourth-order valence-corrected chi connectivity index (χ4v) is 4.52. The first-order chi connectivity index (χ1) is 19.8. The Labute approximate surface area is 249 Å². The molecule has 0 aliphatic heterocycles. The van der Waals surface area contributed by atoms with Crippen LogP contribution in [-0.2, 0) is 27.3 Å². The summed E-state index contributed by atoms with van der Waals surface area (Å²) in [4.78, 5) is 26.1. The topological polar surface area (TPSA) is 107 Å². The lowest BCUT2D eigenvalue weighted by atomic mass is 10.1. The van der Waals surface area contributed by atoms with Crippen LogP contribution < -0.4 is 14.8 Å². The number of rotatable bonds is 16. The van der Waals surface area contributed by atoms with E-state index in [9.17, 15) is 14.7 Å². The number of urea groups is 1. The second kappa shape index (κ2) is 16.7. The van der Waals surface area contributed by atoms with Gasteiger partial charge < -0.3 is 34.3 Å². The molecule has 0 bridgehead atoms. The Morgan fingerprint density at radius 3 is 2.29 bits per heavy atom. The van der Waals surface area contributed by atoms with Gasteiger partial charge in [0.15, 0.2) is 6.10 Å². The maximum Gasteiger partial charge on any atom is 0.333 e. The molecule has 1 unspecified atom stereocenters. The highest BCUT2D eigenvalue weighted by Crippen LogP contribution is 2.24. The molecular weight excluding hydrogens is 571 g/mol. The Hall–Kier alpha value is -3.50. The number of nitrogens with one attached hydrogen (secondary N) is 1. The maximum atomic E-state index is 13.2. The van der Waals surface area contributed by atoms with Crippen molar-refractivity contribution in [1.29, 1.82) is 0 Å². The highest BCUT2D eigenvalue weighted by atomic mass is 35.5. The van der Waals surface area contributed by atoms with Crippen molar-refractivity contribution < 1.29 is 33.6 Å². The van der Waals surface area contributed by atoms with Gasteiger partial charge in [-0.15, -0.1) is 0 Å². The molecule has 0 saturated heterocycles. The summed E-state index contributed by atoms with van der Waals surface area (Å²) < 4.78 is 22.3. The molecule has 220 valence electrons. The molecule has 0 aromatic heterocycles. The van der Waals surface area contributed by atoms with Gasteiger partial charge in [-0.3, -0.25) is 0 Å². The van der Waals surface area contributed by atoms with E-state index in [0.717, 1.165) is 11.1 Å². The van der Waals surface area contributed by atoms with E-state index in [1.165, 1.54) is 7.11 Å². The van der Waals surface area contributed by atoms with Gasteiger partial charge in [0, 0.05) is 29.6 Å². The number of methoxy groups -OCH3 is 1. The van der Waals surface area contributed by atoms with Gasteiger partial charge in [0.2, 0.25) is 0 Å². The fraction of sp³-hybridized carbons (Fsp3) is 0.333. The van der Waals surface area contributed by atoms with Crippen molar-refractivity contribution in [1.82, 2.24) is 4.90 Å². The maximum absolute atomic E-state index is 13.2. The fourth-order valence-electron chi connectivity index (χ4n) is 3.94. The molecule has 0 aliphatic carbocycles. The predicted octanol–water partition coefficient (Wildman–Crippen LogP) is 6.16. The number of amides is 2. The molecule has 0 radical (unpaired) electrons. The Morgan fingerprint density at radius 2 is 1.63 bits per heavy atom. The van der Waals surface area contributed by atoms with E-state index in [1.54, 1.807) is 66.4 Å². The van der Waals surface area contributed by atoms with Crippen molar-refractivity contribution in [3.63, 3.8) is 0 Å². The van der Waals surface area contributed by atoms with E-state index in [4.69, 9.17) is 42.1 Å². The van der Waals surface area contributed by atoms with Gasteiger partial charge in [0.05, 0.1) is 32.6 Å². The van der Waals surface area contributed by atoms with Crippen LogP contribution in [0.1, 0.15) is 18.1 Å². The van der Waals surface area contributed by atoms with Gasteiger partial charge in [0.1, 0.15) is 18.1 Å². The van der Waals surface area contributed by atoms with Crippen molar-refractivity contribution >= 4 is 40.9 Å². The van der Waals surface area contributed by atoms with Crippen LogP contribution in [0.3, 0.4) is 0 Å². The lowest BCUT2D eigenvalue weighted by Gasteiger charge is -2.24. The number of halogens is 2. The molecule has 0 spiro atoms. The molecule has 1 atom stereocenters. The van der Waals surface area contributed by atoms with Crippen molar-refractivity contribution in [2.75, 3.05) is 45.3 Å². The number of anilines is 1. The van der Waals surface area contributed by atoms with E-state index in [2.05, 4.69) is 5.32 Å². The molecule has 41 heavy (non-hydrogen) atoms. The summed E-state index contributed by atoms with van der Waals surface area (Å²) in [5.41, 5.74) is 2.19. The van der Waals surface area contributed by atoms with Crippen LogP contribution in [0.2, 0.25) is 10.0 Å². The van der Waals surface area contributed by atoms with Crippen LogP contribution >= 0.6 is 23.2 Å². The molecular formula is C30H34Cl2N2O7. The van der Waals surface area contributed by atoms with Crippen molar-refractivity contribution in [2.24, 2.45) is 0 Å². The standard InChI is InChI=1S/C30H34Cl2N2O7/c1-3-40-28(29(35)36)18-21-8-10-25(11-9-21)41-15-13-34(30(37)33-26-6-4-5-7-27(26)38-2)12-14-39-20-22-16-23(31)19-24(32)17-22/h4-11,16-17,19,28H,3,12-15,18,20H2,1-2H3,(H,33,37)(H,35,36). The molecule has 3 rings (SSSR count). The molecule has 2 amide bonds. The first-order valence-corrected chi connectivity index (χ1v) is 13.8. The Bertz CT molecular complexity index is 1250. The summed E-state index contributed by atoms with van der Waals surface area (Å²) in [6, 6.07) is 19.1. The summed E-state index contributed by atoms with van der Waals surface area (Å²) >= 11 is 12.1. The Balaban J connectivity index is 1.58. The summed E-state index contributed by atoms with van der Waals surface area (Å²) in [5.74, 6) is 0.135. The van der Waals surface area contributed by atoms with E-state index >= 15 is 0 Å². The number of benzene rings is 3. The molecule has 3 aromatic carbocycles. The Kier molecular flexibility index (Phi) is 13.0. The zero-order chi connectivity index (χ0) is 29.6. The average Bonchev–Trinajstić information content (AvgIpc) is 2.94. The van der Waals surface area contributed by atoms with Gasteiger partial charge in [-0.2, -0.15) is 0 Å². The van der Waals surface area contributed by atoms with Crippen LogP contribution in [-0.4, -0.2) is 68.1 Å². The molecule has 0 fully saturated rings. The molecule has 9 nitrogen and oxygen atoms in total. The molecule has 0 heterocycles. The predicted molar refractivity (Wildman–Crippen MR) is 158 cm³/mol. The molecule has 2 N–H and O–H groups in total. The highest BCUT2D eigenvalue weighted by Gasteiger charge is 2.18. The number of hydrogen-bond donors (Lipinski definition) is 2. The number of carbonyl (C=O) groups is 2. The third kappa shape index (κ3) is 10.8. The summed E-state index contributed by atoms with van der Waals surface area (Å²) in [6.07, 6.45) is -0.651. The van der Waals surface area contributed by atoms with Crippen LogP contribution in [0.25, 0.3) is 0 Å². The highest BCUT2D eigenvalue weighted by molar-refractivity contribution is 6.34. The second-order valence-corrected chi connectivity index (χ2v) is 9.80. The lowest BCUT2D eigenvalue weighted by molar-refractivity contribution is -0.149. The van der Waals surface area contributed by atoms with Gasteiger partial charge >= 0.3 is 12.0 Å². The number of carbonyl (C=O) groups excluding carboxylic acids is 1. The van der Waals surface area contributed by atoms with Gasteiger partial charge in [-0.1, -0.05) is 47.5 Å². The van der Waals surface area contributed by atoms with Gasteiger partial charge in [-0.25, -0.2) is 9.59 Å². The van der Waals surface area contributed by atoms with Crippen LogP contribution in [0.4, 0.5) is 10.5 Å². The van der Waals surface area contributed by atoms with Crippen molar-refractivity contribution in [3.05, 3.63) is 87.9 Å². The quantitative estimate of drug-likeness (QED) is 0.188. The first-order valence-electron chi connectivity index (χ1n) is 13.1. The number of nitrogens with zero attached hydrogens (tertiary/aromatic N) is 1. The molecule has 11 heteroatoms. The van der Waals surface area contributed by atoms with Crippen molar-refractivity contribution in [2.45, 2.75) is 26.1 Å². The number of aliphatic carboxylic acids is 1. The summed E-state index contributed by atoms with van der Waals surface area (Å²) in [6.45, 7) is 3.43. The largest absolute Gasteiger partial charge is 0.495 e. The average molecular weight is 606 g/mol. The zero-order valence-corrected chi connectivity index (χ0v) is 24.5. The normalized spacial score (nSPS) is 11.5. The summed E-state index contributed by atoms with van der Waals surface area (Å²) in [5, 5.41) is 13.2.